The predicted molar refractivity (Wildman–Crippen MR) is 71.2 cm³/mol. The lowest BCUT2D eigenvalue weighted by molar-refractivity contribution is 0.323. The summed E-state index contributed by atoms with van der Waals surface area (Å²) >= 11 is 0. The smallest absolute Gasteiger partial charge is 0.0302 e. The van der Waals surface area contributed by atoms with Crippen molar-refractivity contribution >= 4 is 0 Å². The minimum absolute atomic E-state index is 0.477. The van der Waals surface area contributed by atoms with Gasteiger partial charge in [-0.3, -0.25) is 0 Å². The number of allylic oxidation sites excluding steroid dienone is 1. The van der Waals surface area contributed by atoms with E-state index in [1.165, 1.54) is 51.4 Å². The molecule has 0 heterocycles. The molecule has 0 aromatic rings. The fourth-order valence-electron chi connectivity index (χ4n) is 2.05. The molecular weight excluding hydrogens is 180 g/mol. The van der Waals surface area contributed by atoms with E-state index in [1.807, 2.05) is 0 Å². The van der Waals surface area contributed by atoms with Gasteiger partial charge in [-0.25, -0.2) is 0 Å². The van der Waals surface area contributed by atoms with Crippen LogP contribution in [0.3, 0.4) is 0 Å². The number of hydrogen-bond donors (Lipinski definition) is 0. The van der Waals surface area contributed by atoms with Gasteiger partial charge in [0.2, 0.25) is 0 Å². The highest BCUT2D eigenvalue weighted by Crippen LogP contribution is 2.28. The van der Waals surface area contributed by atoms with Gasteiger partial charge in [0.1, 0.15) is 0 Å². The Morgan fingerprint density at radius 3 is 2.00 bits per heavy atom. The van der Waals surface area contributed by atoms with E-state index in [9.17, 15) is 0 Å². The molecule has 0 atom stereocenters. The summed E-state index contributed by atoms with van der Waals surface area (Å²) in [7, 11) is 0. The molecule has 0 aromatic heterocycles. The summed E-state index contributed by atoms with van der Waals surface area (Å²) in [6.07, 6.45) is 14.5. The van der Waals surface area contributed by atoms with Crippen LogP contribution in [0.25, 0.3) is 0 Å². The van der Waals surface area contributed by atoms with E-state index in [0.29, 0.717) is 5.41 Å². The lowest BCUT2D eigenvalue weighted by Crippen LogP contribution is -2.09. The molecule has 0 nitrogen and oxygen atoms in total. The van der Waals surface area contributed by atoms with E-state index in [1.54, 1.807) is 0 Å². The monoisotopic (exact) mass is 210 g/mol. The molecular formula is C15H30. The second kappa shape index (κ2) is 9.00. The maximum absolute atomic E-state index is 3.82. The molecule has 0 rings (SSSR count). The lowest BCUT2D eigenvalue weighted by Gasteiger charge is -2.22. The van der Waals surface area contributed by atoms with E-state index < -0.39 is 0 Å². The van der Waals surface area contributed by atoms with Crippen molar-refractivity contribution in [3.05, 3.63) is 12.7 Å². The lowest BCUT2D eigenvalue weighted by atomic mass is 9.83. The summed E-state index contributed by atoms with van der Waals surface area (Å²) in [4.78, 5) is 0. The zero-order chi connectivity index (χ0) is 11.6. The topological polar surface area (TPSA) is 0 Å². The van der Waals surface area contributed by atoms with E-state index in [-0.39, 0.29) is 0 Å². The highest BCUT2D eigenvalue weighted by molar-refractivity contribution is 4.79. The van der Waals surface area contributed by atoms with Crippen LogP contribution < -0.4 is 0 Å². The fraction of sp³-hybridized carbons (Fsp3) is 0.867. The molecule has 0 fully saturated rings. The Balaban J connectivity index is 3.26. The summed E-state index contributed by atoms with van der Waals surface area (Å²) in [6.45, 7) is 10.8. The quantitative estimate of drug-likeness (QED) is 0.319. The molecule has 0 saturated carbocycles. The first kappa shape index (κ1) is 14.7. The summed E-state index contributed by atoms with van der Waals surface area (Å²) in [5.41, 5.74) is 0.477. The number of rotatable bonds is 10. The summed E-state index contributed by atoms with van der Waals surface area (Å²) in [5.74, 6) is 0. The molecule has 0 saturated heterocycles. The van der Waals surface area contributed by atoms with Gasteiger partial charge in [-0.15, -0.1) is 6.58 Å². The van der Waals surface area contributed by atoms with Gasteiger partial charge in [-0.1, -0.05) is 71.8 Å². The standard InChI is InChI=1S/C15H30/c1-5-7-8-9-10-11-12-14-15(3,4)13-6-2/h6H,2,5,7-14H2,1,3-4H3. The van der Waals surface area contributed by atoms with Crippen molar-refractivity contribution in [2.24, 2.45) is 5.41 Å². The molecule has 0 unspecified atom stereocenters. The maximum Gasteiger partial charge on any atom is -0.0302 e. The third kappa shape index (κ3) is 10.0. The van der Waals surface area contributed by atoms with Crippen molar-refractivity contribution < 1.29 is 0 Å². The molecule has 0 aromatic carbocycles. The Kier molecular flexibility index (Phi) is 8.85. The highest BCUT2D eigenvalue weighted by atomic mass is 14.2. The second-order valence-electron chi connectivity index (χ2n) is 5.53. The van der Waals surface area contributed by atoms with Crippen molar-refractivity contribution in [1.82, 2.24) is 0 Å². The van der Waals surface area contributed by atoms with Crippen LogP contribution in [0.5, 0.6) is 0 Å². The molecule has 0 bridgehead atoms. The van der Waals surface area contributed by atoms with Crippen LogP contribution in [0.4, 0.5) is 0 Å². The van der Waals surface area contributed by atoms with Gasteiger partial charge in [0.25, 0.3) is 0 Å². The van der Waals surface area contributed by atoms with Crippen LogP contribution in [-0.4, -0.2) is 0 Å². The van der Waals surface area contributed by atoms with Crippen LogP contribution in [0.15, 0.2) is 12.7 Å². The van der Waals surface area contributed by atoms with Crippen molar-refractivity contribution in [3.8, 4) is 0 Å². The first-order valence-corrected chi connectivity index (χ1v) is 6.73. The SMILES string of the molecule is C=CCC(C)(C)CCCCCCCCC. The van der Waals surface area contributed by atoms with Gasteiger partial charge in [0.15, 0.2) is 0 Å². The van der Waals surface area contributed by atoms with Crippen LogP contribution in [0.2, 0.25) is 0 Å². The Morgan fingerprint density at radius 1 is 0.933 bits per heavy atom. The largest absolute Gasteiger partial charge is 0.103 e. The molecule has 0 radical (unpaired) electrons. The average molecular weight is 210 g/mol. The minimum atomic E-state index is 0.477. The molecule has 0 amide bonds. The predicted octanol–water partition coefficient (Wildman–Crippen LogP) is 5.73. The van der Waals surface area contributed by atoms with Gasteiger partial charge in [0.05, 0.1) is 0 Å². The molecule has 0 aliphatic carbocycles. The van der Waals surface area contributed by atoms with Crippen molar-refractivity contribution in [3.63, 3.8) is 0 Å². The van der Waals surface area contributed by atoms with Gasteiger partial charge in [0, 0.05) is 0 Å². The summed E-state index contributed by atoms with van der Waals surface area (Å²) in [6, 6.07) is 0. The zero-order valence-corrected chi connectivity index (χ0v) is 11.1. The molecule has 0 N–H and O–H groups in total. The molecule has 0 aliphatic heterocycles. The first-order valence-electron chi connectivity index (χ1n) is 6.73. The fourth-order valence-corrected chi connectivity index (χ4v) is 2.05. The highest BCUT2D eigenvalue weighted by Gasteiger charge is 2.14. The van der Waals surface area contributed by atoms with E-state index in [0.717, 1.165) is 6.42 Å². The number of hydrogen-bond acceptors (Lipinski definition) is 0. The first-order chi connectivity index (χ1) is 7.12. The van der Waals surface area contributed by atoms with E-state index >= 15 is 0 Å². The van der Waals surface area contributed by atoms with Crippen molar-refractivity contribution in [2.75, 3.05) is 0 Å². The van der Waals surface area contributed by atoms with Crippen LogP contribution >= 0.6 is 0 Å². The van der Waals surface area contributed by atoms with Gasteiger partial charge >= 0.3 is 0 Å². The van der Waals surface area contributed by atoms with E-state index in [2.05, 4.69) is 33.4 Å². The Hall–Kier alpha value is -0.260. The van der Waals surface area contributed by atoms with Crippen LogP contribution in [0, 0.1) is 5.41 Å². The van der Waals surface area contributed by atoms with Gasteiger partial charge < -0.3 is 0 Å². The third-order valence-corrected chi connectivity index (χ3v) is 3.15. The summed E-state index contributed by atoms with van der Waals surface area (Å²) in [5, 5.41) is 0. The maximum atomic E-state index is 3.82. The van der Waals surface area contributed by atoms with Crippen LogP contribution in [0.1, 0.15) is 78.6 Å². The second-order valence-corrected chi connectivity index (χ2v) is 5.53. The number of unbranched alkanes of at least 4 members (excludes halogenated alkanes) is 6. The molecule has 90 valence electrons. The molecule has 15 heavy (non-hydrogen) atoms. The molecule has 0 heteroatoms. The van der Waals surface area contributed by atoms with Crippen molar-refractivity contribution in [2.45, 2.75) is 78.6 Å². The third-order valence-electron chi connectivity index (χ3n) is 3.15. The van der Waals surface area contributed by atoms with Crippen LogP contribution in [-0.2, 0) is 0 Å². The van der Waals surface area contributed by atoms with Gasteiger partial charge in [-0.05, 0) is 18.3 Å². The Morgan fingerprint density at radius 2 is 1.47 bits per heavy atom. The Bertz CT molecular complexity index is 144. The zero-order valence-electron chi connectivity index (χ0n) is 11.1. The Labute approximate surface area is 97.2 Å². The van der Waals surface area contributed by atoms with E-state index in [4.69, 9.17) is 0 Å². The molecule has 0 aliphatic rings. The minimum Gasteiger partial charge on any atom is -0.103 e. The van der Waals surface area contributed by atoms with Gasteiger partial charge in [-0.2, -0.15) is 0 Å². The summed E-state index contributed by atoms with van der Waals surface area (Å²) < 4.78 is 0. The average Bonchev–Trinajstić information content (AvgIpc) is 2.16. The normalized spacial score (nSPS) is 11.7. The van der Waals surface area contributed by atoms with Crippen molar-refractivity contribution in [1.29, 1.82) is 0 Å². The molecule has 0 spiro atoms.